The molecule has 5 heteroatoms. The molecule has 16 heavy (non-hydrogen) atoms. The highest BCUT2D eigenvalue weighted by molar-refractivity contribution is 7.03. The fourth-order valence-electron chi connectivity index (χ4n) is 2.62. The van der Waals surface area contributed by atoms with E-state index in [1.807, 2.05) is 5.38 Å². The molecule has 2 fully saturated rings. The van der Waals surface area contributed by atoms with Gasteiger partial charge in [0.1, 0.15) is 0 Å². The van der Waals surface area contributed by atoms with Gasteiger partial charge in [-0.25, -0.2) is 0 Å². The van der Waals surface area contributed by atoms with Crippen LogP contribution in [0.3, 0.4) is 0 Å². The van der Waals surface area contributed by atoms with E-state index in [9.17, 15) is 0 Å². The summed E-state index contributed by atoms with van der Waals surface area (Å²) in [4.78, 5) is 0. The second-order valence-electron chi connectivity index (χ2n) is 4.34. The van der Waals surface area contributed by atoms with E-state index in [1.165, 1.54) is 11.5 Å². The average Bonchev–Trinajstić information content (AvgIpc) is 2.84. The van der Waals surface area contributed by atoms with Gasteiger partial charge in [0, 0.05) is 38.0 Å². The minimum atomic E-state index is -0.0927. The molecule has 1 N–H and O–H groups in total. The molecule has 88 valence electrons. The Balaban J connectivity index is 1.88. The molecule has 2 aliphatic heterocycles. The van der Waals surface area contributed by atoms with Gasteiger partial charge < -0.3 is 14.8 Å². The molecule has 2 aliphatic rings. The topological polar surface area (TPSA) is 43.4 Å². The normalized spacial score (nSPS) is 29.4. The molecule has 0 saturated carbocycles. The molecule has 1 spiro atoms. The summed E-state index contributed by atoms with van der Waals surface area (Å²) < 4.78 is 15.9. The number of hydrogen-bond acceptors (Lipinski definition) is 5. The smallest absolute Gasteiger partial charge is 0.0936 e. The third kappa shape index (κ3) is 1.78. The molecule has 0 aliphatic carbocycles. The molecule has 3 heterocycles. The number of ether oxygens (including phenoxy) is 2. The molecule has 0 radical (unpaired) electrons. The van der Waals surface area contributed by atoms with Gasteiger partial charge in [-0.3, -0.25) is 0 Å². The number of hydrogen-bond donors (Lipinski definition) is 1. The van der Waals surface area contributed by atoms with Gasteiger partial charge in [0.25, 0.3) is 0 Å². The predicted octanol–water partition coefficient (Wildman–Crippen LogP) is 1.35. The Kier molecular flexibility index (Phi) is 2.93. The van der Waals surface area contributed by atoms with Crippen molar-refractivity contribution < 1.29 is 9.47 Å². The molecule has 0 aromatic carbocycles. The molecule has 1 atom stereocenters. The first kappa shape index (κ1) is 10.7. The SMILES string of the molecule is c1cc(C2NCCOC23CCOCC3)ns1. The van der Waals surface area contributed by atoms with Crippen LogP contribution in [0.2, 0.25) is 0 Å². The van der Waals surface area contributed by atoms with E-state index in [4.69, 9.17) is 9.47 Å². The first-order chi connectivity index (χ1) is 7.91. The lowest BCUT2D eigenvalue weighted by Crippen LogP contribution is -2.54. The van der Waals surface area contributed by atoms with Crippen LogP contribution >= 0.6 is 11.5 Å². The Labute approximate surface area is 99.1 Å². The van der Waals surface area contributed by atoms with E-state index in [2.05, 4.69) is 15.8 Å². The molecular weight excluding hydrogens is 224 g/mol. The van der Waals surface area contributed by atoms with E-state index in [0.717, 1.165) is 44.9 Å². The average molecular weight is 240 g/mol. The third-order valence-corrected chi connectivity index (χ3v) is 4.03. The Morgan fingerprint density at radius 3 is 3.00 bits per heavy atom. The monoisotopic (exact) mass is 240 g/mol. The highest BCUT2D eigenvalue weighted by Gasteiger charge is 2.44. The standard InChI is InChI=1S/C11H16N2O2S/c1-8-16-13-9(1)10-11(15-7-4-12-10)2-5-14-6-3-11/h1,8,10,12H,2-7H2. The van der Waals surface area contributed by atoms with Crippen LogP contribution < -0.4 is 5.32 Å². The summed E-state index contributed by atoms with van der Waals surface area (Å²) in [6.07, 6.45) is 1.92. The van der Waals surface area contributed by atoms with Crippen LogP contribution in [0.1, 0.15) is 24.6 Å². The van der Waals surface area contributed by atoms with Gasteiger partial charge in [-0.05, 0) is 17.6 Å². The Morgan fingerprint density at radius 1 is 1.38 bits per heavy atom. The Hall–Kier alpha value is -0.490. The van der Waals surface area contributed by atoms with Gasteiger partial charge in [0.05, 0.1) is 23.9 Å². The maximum Gasteiger partial charge on any atom is 0.0936 e. The summed E-state index contributed by atoms with van der Waals surface area (Å²) in [5.74, 6) is 0. The highest BCUT2D eigenvalue weighted by Crippen LogP contribution is 2.39. The second kappa shape index (κ2) is 4.41. The first-order valence-corrected chi connectivity index (χ1v) is 6.60. The summed E-state index contributed by atoms with van der Waals surface area (Å²) in [6.45, 7) is 3.29. The lowest BCUT2D eigenvalue weighted by Gasteiger charge is -2.46. The molecule has 2 saturated heterocycles. The second-order valence-corrected chi connectivity index (χ2v) is 5.00. The molecule has 0 bridgehead atoms. The van der Waals surface area contributed by atoms with Gasteiger partial charge in [0.15, 0.2) is 0 Å². The zero-order valence-electron chi connectivity index (χ0n) is 9.15. The Morgan fingerprint density at radius 2 is 2.25 bits per heavy atom. The first-order valence-electron chi connectivity index (χ1n) is 5.76. The van der Waals surface area contributed by atoms with Crippen LogP contribution in [-0.4, -0.2) is 36.3 Å². The van der Waals surface area contributed by atoms with Gasteiger partial charge in [-0.2, -0.15) is 4.37 Å². The lowest BCUT2D eigenvalue weighted by molar-refractivity contribution is -0.150. The molecule has 1 aromatic heterocycles. The van der Waals surface area contributed by atoms with Crippen molar-refractivity contribution in [3.8, 4) is 0 Å². The summed E-state index contributed by atoms with van der Waals surface area (Å²) in [6, 6.07) is 2.32. The number of nitrogens with one attached hydrogen (secondary N) is 1. The van der Waals surface area contributed by atoms with Crippen LogP contribution in [0, 0.1) is 0 Å². The summed E-state index contributed by atoms with van der Waals surface area (Å²) in [5.41, 5.74) is 1.02. The zero-order valence-corrected chi connectivity index (χ0v) is 9.96. The van der Waals surface area contributed by atoms with Crippen molar-refractivity contribution in [1.82, 2.24) is 9.69 Å². The van der Waals surface area contributed by atoms with Gasteiger partial charge in [-0.1, -0.05) is 0 Å². The number of aromatic nitrogens is 1. The fraction of sp³-hybridized carbons (Fsp3) is 0.727. The molecule has 0 amide bonds. The van der Waals surface area contributed by atoms with Crippen molar-refractivity contribution in [2.24, 2.45) is 0 Å². The number of rotatable bonds is 1. The van der Waals surface area contributed by atoms with Crippen molar-refractivity contribution in [2.45, 2.75) is 24.5 Å². The number of morpholine rings is 1. The van der Waals surface area contributed by atoms with Crippen LogP contribution in [-0.2, 0) is 9.47 Å². The van der Waals surface area contributed by atoms with E-state index in [0.29, 0.717) is 0 Å². The van der Waals surface area contributed by atoms with E-state index in [1.54, 1.807) is 0 Å². The fourth-order valence-corrected chi connectivity index (χ4v) is 3.17. The maximum absolute atomic E-state index is 6.06. The largest absolute Gasteiger partial charge is 0.381 e. The zero-order chi connectivity index (χ0) is 10.8. The van der Waals surface area contributed by atoms with E-state index < -0.39 is 0 Å². The molecule has 3 rings (SSSR count). The minimum Gasteiger partial charge on any atom is -0.381 e. The van der Waals surface area contributed by atoms with Crippen LogP contribution in [0.5, 0.6) is 0 Å². The highest BCUT2D eigenvalue weighted by atomic mass is 32.1. The minimum absolute atomic E-state index is 0.0927. The molecule has 1 unspecified atom stereocenters. The van der Waals surface area contributed by atoms with Crippen LogP contribution in [0.25, 0.3) is 0 Å². The van der Waals surface area contributed by atoms with Crippen molar-refractivity contribution in [1.29, 1.82) is 0 Å². The molecule has 1 aromatic rings. The van der Waals surface area contributed by atoms with Crippen LogP contribution in [0.4, 0.5) is 0 Å². The summed E-state index contributed by atoms with van der Waals surface area (Å²) in [5, 5.41) is 5.57. The third-order valence-electron chi connectivity index (χ3n) is 3.46. The Bertz CT molecular complexity index is 327. The van der Waals surface area contributed by atoms with Gasteiger partial charge in [0.2, 0.25) is 0 Å². The predicted molar refractivity (Wildman–Crippen MR) is 61.6 cm³/mol. The van der Waals surface area contributed by atoms with Gasteiger partial charge in [-0.15, -0.1) is 0 Å². The van der Waals surface area contributed by atoms with Gasteiger partial charge >= 0.3 is 0 Å². The van der Waals surface area contributed by atoms with Crippen LogP contribution in [0.15, 0.2) is 11.4 Å². The van der Waals surface area contributed by atoms with Crippen molar-refractivity contribution in [3.63, 3.8) is 0 Å². The summed E-state index contributed by atoms with van der Waals surface area (Å²) in [7, 11) is 0. The lowest BCUT2D eigenvalue weighted by atomic mass is 9.83. The quantitative estimate of drug-likeness (QED) is 0.805. The number of nitrogens with zero attached hydrogens (tertiary/aromatic N) is 1. The molecule has 4 nitrogen and oxygen atoms in total. The summed E-state index contributed by atoms with van der Waals surface area (Å²) >= 11 is 1.50. The maximum atomic E-state index is 6.06. The van der Waals surface area contributed by atoms with Crippen molar-refractivity contribution >= 4 is 11.5 Å². The van der Waals surface area contributed by atoms with Crippen molar-refractivity contribution in [2.75, 3.05) is 26.4 Å². The molecular formula is C11H16N2O2S. The van der Waals surface area contributed by atoms with E-state index >= 15 is 0 Å². The van der Waals surface area contributed by atoms with Crippen molar-refractivity contribution in [3.05, 3.63) is 17.1 Å². The van der Waals surface area contributed by atoms with E-state index in [-0.39, 0.29) is 11.6 Å².